The van der Waals surface area contributed by atoms with Crippen molar-refractivity contribution in [3.8, 4) is 5.75 Å². The number of halogens is 1. The molecule has 2 aromatic rings. The number of amides is 3. The zero-order valence-corrected chi connectivity index (χ0v) is 17.9. The third kappa shape index (κ3) is 7.95. The van der Waals surface area contributed by atoms with Gasteiger partial charge in [-0.05, 0) is 36.2 Å². The third-order valence-corrected chi connectivity index (χ3v) is 4.20. The maximum absolute atomic E-state index is 12.4. The van der Waals surface area contributed by atoms with Crippen molar-refractivity contribution in [1.82, 2.24) is 10.9 Å². The molecule has 7 nitrogen and oxygen atoms in total. The second-order valence-corrected chi connectivity index (χ2v) is 7.68. The van der Waals surface area contributed by atoms with Crippen molar-refractivity contribution >= 4 is 39.3 Å². The Kier molecular flexibility index (Phi) is 8.67. The van der Waals surface area contributed by atoms with E-state index < -0.39 is 11.8 Å². The fourth-order valence-electron chi connectivity index (χ4n) is 2.29. The Morgan fingerprint density at radius 3 is 2.34 bits per heavy atom. The lowest BCUT2D eigenvalue weighted by molar-refractivity contribution is -0.124. The van der Waals surface area contributed by atoms with Gasteiger partial charge >= 0.3 is 0 Å². The van der Waals surface area contributed by atoms with Crippen molar-refractivity contribution in [2.24, 2.45) is 5.92 Å². The molecular formula is C21H24BrN3O4. The van der Waals surface area contributed by atoms with Crippen LogP contribution in [0.25, 0.3) is 0 Å². The summed E-state index contributed by atoms with van der Waals surface area (Å²) in [5.41, 5.74) is 5.63. The van der Waals surface area contributed by atoms with E-state index in [9.17, 15) is 14.4 Å². The van der Waals surface area contributed by atoms with Crippen molar-refractivity contribution < 1.29 is 19.1 Å². The van der Waals surface area contributed by atoms with Gasteiger partial charge in [-0.15, -0.1) is 0 Å². The number of hydrogen-bond acceptors (Lipinski definition) is 4. The first-order valence-electron chi connectivity index (χ1n) is 9.21. The van der Waals surface area contributed by atoms with E-state index in [-0.39, 0.29) is 18.7 Å². The molecule has 3 N–H and O–H groups in total. The molecule has 0 bridgehead atoms. The van der Waals surface area contributed by atoms with E-state index in [1.54, 1.807) is 42.5 Å². The van der Waals surface area contributed by atoms with E-state index in [0.29, 0.717) is 34.0 Å². The Bertz CT molecular complexity index is 856. The largest absolute Gasteiger partial charge is 0.492 e. The van der Waals surface area contributed by atoms with Crippen molar-refractivity contribution in [2.45, 2.75) is 26.7 Å². The van der Waals surface area contributed by atoms with E-state index >= 15 is 0 Å². The maximum Gasteiger partial charge on any atom is 0.273 e. The van der Waals surface area contributed by atoms with Gasteiger partial charge in [0.2, 0.25) is 11.8 Å². The second-order valence-electron chi connectivity index (χ2n) is 6.76. The van der Waals surface area contributed by atoms with E-state index in [2.05, 4.69) is 32.1 Å². The summed E-state index contributed by atoms with van der Waals surface area (Å²) in [7, 11) is 0. The van der Waals surface area contributed by atoms with Crippen LogP contribution >= 0.6 is 15.9 Å². The van der Waals surface area contributed by atoms with Crippen LogP contribution in [0.1, 0.15) is 37.0 Å². The minimum atomic E-state index is -0.507. The quantitative estimate of drug-likeness (QED) is 0.522. The Morgan fingerprint density at radius 2 is 1.66 bits per heavy atom. The van der Waals surface area contributed by atoms with Crippen LogP contribution in [0.3, 0.4) is 0 Å². The van der Waals surface area contributed by atoms with Gasteiger partial charge in [0.25, 0.3) is 5.91 Å². The predicted octanol–water partition coefficient (Wildman–Crippen LogP) is 3.66. The molecule has 0 aromatic heterocycles. The van der Waals surface area contributed by atoms with Crippen molar-refractivity contribution in [1.29, 1.82) is 0 Å². The number of rotatable bonds is 8. The third-order valence-electron chi connectivity index (χ3n) is 3.71. The average Bonchev–Trinajstić information content (AvgIpc) is 2.70. The topological polar surface area (TPSA) is 96.5 Å². The molecule has 3 amide bonds. The summed E-state index contributed by atoms with van der Waals surface area (Å²) in [5.74, 6) is -0.533. The molecule has 29 heavy (non-hydrogen) atoms. The van der Waals surface area contributed by atoms with Gasteiger partial charge in [0.05, 0.1) is 12.2 Å². The first-order valence-corrected chi connectivity index (χ1v) is 10.0. The molecule has 0 saturated carbocycles. The molecule has 0 fully saturated rings. The smallest absolute Gasteiger partial charge is 0.273 e. The Labute approximate surface area is 178 Å². The molecule has 0 atom stereocenters. The molecule has 2 aromatic carbocycles. The van der Waals surface area contributed by atoms with Gasteiger partial charge < -0.3 is 10.1 Å². The van der Waals surface area contributed by atoms with Crippen LogP contribution in [0.5, 0.6) is 5.75 Å². The van der Waals surface area contributed by atoms with Crippen molar-refractivity contribution in [3.05, 3.63) is 58.6 Å². The van der Waals surface area contributed by atoms with Crippen LogP contribution in [0.15, 0.2) is 53.0 Å². The van der Waals surface area contributed by atoms with E-state index in [1.807, 2.05) is 19.9 Å². The molecule has 2 rings (SSSR count). The maximum atomic E-state index is 12.4. The highest BCUT2D eigenvalue weighted by molar-refractivity contribution is 9.10. The van der Waals surface area contributed by atoms with Crippen LogP contribution in [0.2, 0.25) is 0 Å². The minimum Gasteiger partial charge on any atom is -0.492 e. The van der Waals surface area contributed by atoms with Gasteiger partial charge in [0.1, 0.15) is 5.75 Å². The molecule has 0 saturated heterocycles. The van der Waals surface area contributed by atoms with E-state index in [4.69, 9.17) is 4.74 Å². The number of carbonyl (C=O) groups is 3. The number of benzene rings is 2. The number of anilines is 1. The van der Waals surface area contributed by atoms with Crippen LogP contribution in [0, 0.1) is 5.92 Å². The zero-order chi connectivity index (χ0) is 21.2. The molecule has 0 aliphatic carbocycles. The molecule has 154 valence electrons. The van der Waals surface area contributed by atoms with E-state index in [1.165, 1.54) is 0 Å². The minimum absolute atomic E-state index is 0.00374. The van der Waals surface area contributed by atoms with Gasteiger partial charge in [-0.3, -0.25) is 25.2 Å². The second kappa shape index (κ2) is 11.2. The molecule has 0 heterocycles. The van der Waals surface area contributed by atoms with Crippen LogP contribution in [-0.4, -0.2) is 24.3 Å². The van der Waals surface area contributed by atoms with Gasteiger partial charge in [-0.1, -0.05) is 48.0 Å². The zero-order valence-electron chi connectivity index (χ0n) is 16.3. The summed E-state index contributed by atoms with van der Waals surface area (Å²) in [6.07, 6.45) is -0.0651. The van der Waals surface area contributed by atoms with Crippen LogP contribution in [0.4, 0.5) is 5.69 Å². The van der Waals surface area contributed by atoms with Crippen LogP contribution in [-0.2, 0) is 9.59 Å². The molecule has 8 heteroatoms. The Hall–Kier alpha value is -2.87. The summed E-state index contributed by atoms with van der Waals surface area (Å²) in [4.78, 5) is 36.3. The number of hydrazine groups is 1. The monoisotopic (exact) mass is 461 g/mol. The molecule has 0 unspecified atom stereocenters. The standard InChI is InChI=1S/C21H24BrN3O4/c1-14(2)13-29-18-9-8-15(22)12-17(18)21(28)25-24-20(27)11-10-19(26)23-16-6-4-3-5-7-16/h3-9,12,14H,10-11,13H2,1-2H3,(H,23,26)(H,24,27)(H,25,28). The number of hydrogen-bond donors (Lipinski definition) is 3. The lowest BCUT2D eigenvalue weighted by Crippen LogP contribution is -2.42. The Balaban J connectivity index is 1.83. The summed E-state index contributed by atoms with van der Waals surface area (Å²) >= 11 is 3.33. The fourth-order valence-corrected chi connectivity index (χ4v) is 2.65. The van der Waals surface area contributed by atoms with Crippen molar-refractivity contribution in [2.75, 3.05) is 11.9 Å². The predicted molar refractivity (Wildman–Crippen MR) is 114 cm³/mol. The number of para-hydroxylation sites is 1. The molecule has 0 radical (unpaired) electrons. The van der Waals surface area contributed by atoms with Gasteiger partial charge in [0.15, 0.2) is 0 Å². The summed E-state index contributed by atoms with van der Waals surface area (Å²) in [5, 5.41) is 2.70. The highest BCUT2D eigenvalue weighted by Gasteiger charge is 2.15. The first-order chi connectivity index (χ1) is 13.8. The Morgan fingerprint density at radius 1 is 0.966 bits per heavy atom. The van der Waals surface area contributed by atoms with Crippen LogP contribution < -0.4 is 20.9 Å². The van der Waals surface area contributed by atoms with Gasteiger partial charge in [-0.25, -0.2) is 0 Å². The number of nitrogens with one attached hydrogen (secondary N) is 3. The highest BCUT2D eigenvalue weighted by Crippen LogP contribution is 2.23. The molecule has 0 spiro atoms. The highest BCUT2D eigenvalue weighted by atomic mass is 79.9. The molecular weight excluding hydrogens is 438 g/mol. The SMILES string of the molecule is CC(C)COc1ccc(Br)cc1C(=O)NNC(=O)CCC(=O)Nc1ccccc1. The number of carbonyl (C=O) groups excluding carboxylic acids is 3. The molecule has 0 aliphatic rings. The van der Waals surface area contributed by atoms with Gasteiger partial charge in [-0.2, -0.15) is 0 Å². The molecule has 0 aliphatic heterocycles. The lowest BCUT2D eigenvalue weighted by Gasteiger charge is -2.14. The average molecular weight is 462 g/mol. The first kappa shape index (κ1) is 22.4. The summed E-state index contributed by atoms with van der Waals surface area (Å²) in [6.45, 7) is 4.48. The number of ether oxygens (including phenoxy) is 1. The summed E-state index contributed by atoms with van der Waals surface area (Å²) < 4.78 is 6.38. The van der Waals surface area contributed by atoms with Gasteiger partial charge in [0, 0.05) is 23.0 Å². The fraction of sp³-hybridized carbons (Fsp3) is 0.286. The lowest BCUT2D eigenvalue weighted by atomic mass is 10.2. The normalized spacial score (nSPS) is 10.3. The van der Waals surface area contributed by atoms with E-state index in [0.717, 1.165) is 0 Å². The van der Waals surface area contributed by atoms with Crippen molar-refractivity contribution in [3.63, 3.8) is 0 Å². The summed E-state index contributed by atoms with van der Waals surface area (Å²) in [6, 6.07) is 14.1.